The standard InChI is InChI=1S/C19H17F2N3O3/c1-26-16-8-22-14(18(25)24-17-13(21)4-10(20)7-23-17)5-15(16)27-19-6-9-2-11(19)12(19)3-9/h4-5,7-9,11-12H,2-3,6H2,1H3,(H,23,24,25). The molecule has 4 saturated carbocycles. The predicted molar refractivity (Wildman–Crippen MR) is 90.6 cm³/mol. The number of rotatable bonds is 5. The number of ether oxygens (including phenoxy) is 2. The second-order valence-corrected chi connectivity index (χ2v) is 7.47. The first kappa shape index (κ1) is 16.4. The van der Waals surface area contributed by atoms with Crippen LogP contribution < -0.4 is 14.8 Å². The summed E-state index contributed by atoms with van der Waals surface area (Å²) in [4.78, 5) is 20.0. The number of hydrogen-bond donors (Lipinski definition) is 1. The van der Waals surface area contributed by atoms with Crippen molar-refractivity contribution in [1.82, 2.24) is 9.97 Å². The number of hydrogen-bond acceptors (Lipinski definition) is 5. The molecule has 2 atom stereocenters. The molecule has 2 aromatic heterocycles. The average Bonchev–Trinajstić information content (AvgIpc) is 3.08. The molecule has 0 aromatic carbocycles. The van der Waals surface area contributed by atoms with Crippen molar-refractivity contribution in [1.29, 1.82) is 0 Å². The molecule has 2 unspecified atom stereocenters. The van der Waals surface area contributed by atoms with E-state index in [1.54, 1.807) is 0 Å². The molecule has 2 heterocycles. The van der Waals surface area contributed by atoms with Gasteiger partial charge in [-0.15, -0.1) is 0 Å². The molecule has 0 aliphatic heterocycles. The van der Waals surface area contributed by atoms with Crippen molar-refractivity contribution in [3.05, 3.63) is 41.9 Å². The van der Waals surface area contributed by atoms with Crippen molar-refractivity contribution in [3.8, 4) is 11.5 Å². The maximum absolute atomic E-state index is 13.7. The first-order valence-electron chi connectivity index (χ1n) is 8.85. The molecule has 1 amide bonds. The molecular weight excluding hydrogens is 356 g/mol. The van der Waals surface area contributed by atoms with E-state index in [0.717, 1.165) is 18.5 Å². The fourth-order valence-corrected chi connectivity index (χ4v) is 4.90. The molecule has 0 saturated heterocycles. The number of nitrogens with one attached hydrogen (secondary N) is 1. The van der Waals surface area contributed by atoms with Crippen LogP contribution in [0, 0.1) is 29.4 Å². The predicted octanol–water partition coefficient (Wildman–Crippen LogP) is 3.19. The lowest BCUT2D eigenvalue weighted by atomic mass is 10.1. The highest BCUT2D eigenvalue weighted by atomic mass is 19.1. The van der Waals surface area contributed by atoms with Gasteiger partial charge in [-0.1, -0.05) is 0 Å². The molecule has 27 heavy (non-hydrogen) atoms. The van der Waals surface area contributed by atoms with Gasteiger partial charge < -0.3 is 14.8 Å². The minimum atomic E-state index is -0.959. The molecule has 4 aliphatic carbocycles. The topological polar surface area (TPSA) is 73.3 Å². The Kier molecular flexibility index (Phi) is 3.41. The van der Waals surface area contributed by atoms with E-state index in [0.29, 0.717) is 29.4 Å². The maximum atomic E-state index is 13.7. The SMILES string of the molecule is COc1cnc(C(=O)Nc2ncc(F)cc2F)cc1OC12CC3CC1C2C3. The molecule has 4 fully saturated rings. The monoisotopic (exact) mass is 373 g/mol. The summed E-state index contributed by atoms with van der Waals surface area (Å²) in [6, 6.07) is 2.15. The normalized spacial score (nSPS) is 29.5. The molecular formula is C19H17F2N3O3. The van der Waals surface area contributed by atoms with Crippen LogP contribution in [0.3, 0.4) is 0 Å². The average molecular weight is 373 g/mol. The fourth-order valence-electron chi connectivity index (χ4n) is 4.90. The van der Waals surface area contributed by atoms with Crippen LogP contribution in [0.15, 0.2) is 24.5 Å². The summed E-state index contributed by atoms with van der Waals surface area (Å²) < 4.78 is 38.3. The number of methoxy groups -OCH3 is 1. The van der Waals surface area contributed by atoms with Crippen LogP contribution in [0.25, 0.3) is 0 Å². The van der Waals surface area contributed by atoms with Gasteiger partial charge in [-0.3, -0.25) is 4.79 Å². The molecule has 140 valence electrons. The third kappa shape index (κ3) is 2.46. The highest BCUT2D eigenvalue weighted by Gasteiger charge is 2.77. The number of carbonyl (C=O) groups excluding carboxylic acids is 1. The number of amides is 1. The summed E-state index contributed by atoms with van der Waals surface area (Å²) in [5.74, 6) is 0.0196. The fraction of sp³-hybridized carbons (Fsp3) is 0.421. The lowest BCUT2D eigenvalue weighted by molar-refractivity contribution is 0.101. The zero-order valence-electron chi connectivity index (χ0n) is 14.5. The van der Waals surface area contributed by atoms with Crippen molar-refractivity contribution in [2.45, 2.75) is 24.9 Å². The second-order valence-electron chi connectivity index (χ2n) is 7.47. The van der Waals surface area contributed by atoms with Crippen LogP contribution in [0.1, 0.15) is 29.8 Å². The van der Waals surface area contributed by atoms with Gasteiger partial charge in [-0.05, 0) is 25.2 Å². The van der Waals surface area contributed by atoms with Gasteiger partial charge in [0.05, 0.1) is 19.5 Å². The zero-order chi connectivity index (χ0) is 18.8. The molecule has 0 spiro atoms. The van der Waals surface area contributed by atoms with Gasteiger partial charge in [0.1, 0.15) is 17.1 Å². The lowest BCUT2D eigenvalue weighted by Gasteiger charge is -2.18. The van der Waals surface area contributed by atoms with E-state index in [-0.39, 0.29) is 17.1 Å². The molecule has 8 heteroatoms. The van der Waals surface area contributed by atoms with Crippen molar-refractivity contribution in [2.24, 2.45) is 17.8 Å². The van der Waals surface area contributed by atoms with Crippen molar-refractivity contribution in [2.75, 3.05) is 12.4 Å². The molecule has 6 rings (SSSR count). The highest BCUT2D eigenvalue weighted by molar-refractivity contribution is 6.02. The minimum Gasteiger partial charge on any atom is -0.491 e. The summed E-state index contributed by atoms with van der Waals surface area (Å²) in [7, 11) is 1.51. The number of nitrogens with zero attached hydrogens (tertiary/aromatic N) is 2. The quantitative estimate of drug-likeness (QED) is 0.871. The van der Waals surface area contributed by atoms with Gasteiger partial charge in [0, 0.05) is 24.0 Å². The van der Waals surface area contributed by atoms with E-state index in [4.69, 9.17) is 9.47 Å². The third-order valence-electron chi connectivity index (χ3n) is 6.04. The molecule has 4 bridgehead atoms. The Morgan fingerprint density at radius 2 is 1.96 bits per heavy atom. The van der Waals surface area contributed by atoms with E-state index in [9.17, 15) is 13.6 Å². The smallest absolute Gasteiger partial charge is 0.275 e. The molecule has 4 aliphatic rings. The highest BCUT2D eigenvalue weighted by Crippen LogP contribution is 2.74. The summed E-state index contributed by atoms with van der Waals surface area (Å²) in [6.45, 7) is 0. The summed E-state index contributed by atoms with van der Waals surface area (Å²) in [5, 5.41) is 2.30. The van der Waals surface area contributed by atoms with Crippen molar-refractivity contribution >= 4 is 11.7 Å². The Hall–Kier alpha value is -2.77. The lowest BCUT2D eigenvalue weighted by Crippen LogP contribution is -2.20. The van der Waals surface area contributed by atoms with E-state index in [2.05, 4.69) is 15.3 Å². The number of halogens is 2. The molecule has 6 nitrogen and oxygen atoms in total. The largest absolute Gasteiger partial charge is 0.491 e. The van der Waals surface area contributed by atoms with Gasteiger partial charge >= 0.3 is 0 Å². The van der Waals surface area contributed by atoms with Gasteiger partial charge in [0.15, 0.2) is 23.1 Å². The van der Waals surface area contributed by atoms with Gasteiger partial charge in [0.25, 0.3) is 5.91 Å². The third-order valence-corrected chi connectivity index (χ3v) is 6.04. The number of anilines is 1. The summed E-state index contributed by atoms with van der Waals surface area (Å²) in [6.07, 6.45) is 5.70. The Morgan fingerprint density at radius 1 is 1.19 bits per heavy atom. The molecule has 2 aromatic rings. The van der Waals surface area contributed by atoms with E-state index < -0.39 is 17.5 Å². The Morgan fingerprint density at radius 3 is 2.59 bits per heavy atom. The number of carbonyl (C=O) groups is 1. The van der Waals surface area contributed by atoms with Crippen LogP contribution in [0.5, 0.6) is 11.5 Å². The van der Waals surface area contributed by atoms with Crippen molar-refractivity contribution in [3.63, 3.8) is 0 Å². The van der Waals surface area contributed by atoms with E-state index in [1.165, 1.54) is 32.2 Å². The first-order valence-corrected chi connectivity index (χ1v) is 8.85. The van der Waals surface area contributed by atoms with Crippen LogP contribution >= 0.6 is 0 Å². The first-order chi connectivity index (χ1) is 13.0. The maximum Gasteiger partial charge on any atom is 0.275 e. The van der Waals surface area contributed by atoms with Crippen LogP contribution in [-0.2, 0) is 0 Å². The Balaban J connectivity index is 1.39. The second kappa shape index (κ2) is 5.61. The number of pyridine rings is 2. The molecule has 1 N–H and O–H groups in total. The van der Waals surface area contributed by atoms with Gasteiger partial charge in [0.2, 0.25) is 0 Å². The van der Waals surface area contributed by atoms with E-state index in [1.807, 2.05) is 0 Å². The Labute approximate surface area is 153 Å². The summed E-state index contributed by atoms with van der Waals surface area (Å²) in [5.41, 5.74) is -0.0900. The number of aromatic nitrogens is 2. The van der Waals surface area contributed by atoms with Crippen LogP contribution in [0.4, 0.5) is 14.6 Å². The minimum absolute atomic E-state index is 0.0373. The zero-order valence-corrected chi connectivity index (χ0v) is 14.5. The van der Waals surface area contributed by atoms with Gasteiger partial charge in [-0.2, -0.15) is 0 Å². The van der Waals surface area contributed by atoms with Crippen LogP contribution in [0.2, 0.25) is 0 Å². The summed E-state index contributed by atoms with van der Waals surface area (Å²) >= 11 is 0. The molecule has 0 radical (unpaired) electrons. The Bertz CT molecular complexity index is 940. The van der Waals surface area contributed by atoms with Crippen molar-refractivity contribution < 1.29 is 23.0 Å². The van der Waals surface area contributed by atoms with Crippen LogP contribution in [-0.4, -0.2) is 28.6 Å². The van der Waals surface area contributed by atoms with Gasteiger partial charge in [-0.25, -0.2) is 18.7 Å². The van der Waals surface area contributed by atoms with E-state index >= 15 is 0 Å².